The number of hydrogen-bond acceptors (Lipinski definition) is 6. The van der Waals surface area contributed by atoms with E-state index >= 15 is 0 Å². The Balaban J connectivity index is 1.39. The summed E-state index contributed by atoms with van der Waals surface area (Å²) in [6.07, 6.45) is 3.76. The lowest BCUT2D eigenvalue weighted by Crippen LogP contribution is -2.15. The highest BCUT2D eigenvalue weighted by Gasteiger charge is 2.14. The smallest absolute Gasteiger partial charge is 0.236 e. The second-order valence-electron chi connectivity index (χ2n) is 5.79. The van der Waals surface area contributed by atoms with Crippen LogP contribution in [0.15, 0.2) is 59.3 Å². The summed E-state index contributed by atoms with van der Waals surface area (Å²) in [5.41, 5.74) is 1.48. The quantitative estimate of drug-likeness (QED) is 0.487. The molecule has 0 aliphatic heterocycles. The first-order valence-electron chi connectivity index (χ1n) is 8.30. The monoisotopic (exact) mass is 414 g/mol. The molecule has 0 unspecified atom stereocenters. The Hall–Kier alpha value is -2.98. The van der Waals surface area contributed by atoms with E-state index in [0.717, 1.165) is 11.4 Å². The number of hydrogen-bond donors (Lipinski definition) is 1. The van der Waals surface area contributed by atoms with Crippen LogP contribution in [0, 0.1) is 12.7 Å². The number of benzene rings is 1. The molecule has 0 fully saturated rings. The lowest BCUT2D eigenvalue weighted by Gasteiger charge is -2.08. The number of anilines is 1. The van der Waals surface area contributed by atoms with Gasteiger partial charge in [0, 0.05) is 23.3 Å². The SMILES string of the molecule is Cc1nnc(SCC(=O)Nc2nc(-c3ccc(F)cc3)cs2)n1-n1cccc1. The normalized spacial score (nSPS) is 10.9. The van der Waals surface area contributed by atoms with E-state index in [-0.39, 0.29) is 17.5 Å². The van der Waals surface area contributed by atoms with Crippen molar-refractivity contribution in [3.05, 3.63) is 65.8 Å². The van der Waals surface area contributed by atoms with Crippen molar-refractivity contribution in [2.75, 3.05) is 11.1 Å². The summed E-state index contributed by atoms with van der Waals surface area (Å²) < 4.78 is 16.7. The topological polar surface area (TPSA) is 77.6 Å². The summed E-state index contributed by atoms with van der Waals surface area (Å²) in [4.78, 5) is 16.7. The van der Waals surface area contributed by atoms with E-state index < -0.39 is 0 Å². The predicted molar refractivity (Wildman–Crippen MR) is 107 cm³/mol. The average molecular weight is 414 g/mol. The zero-order valence-electron chi connectivity index (χ0n) is 14.7. The Morgan fingerprint density at radius 1 is 1.21 bits per heavy atom. The van der Waals surface area contributed by atoms with E-state index in [9.17, 15) is 9.18 Å². The highest BCUT2D eigenvalue weighted by molar-refractivity contribution is 7.99. The van der Waals surface area contributed by atoms with Gasteiger partial charge in [-0.25, -0.2) is 14.1 Å². The molecule has 3 heterocycles. The first kappa shape index (κ1) is 18.4. The molecule has 28 heavy (non-hydrogen) atoms. The Morgan fingerprint density at radius 2 is 1.96 bits per heavy atom. The number of amides is 1. The third-order valence-electron chi connectivity index (χ3n) is 3.81. The maximum Gasteiger partial charge on any atom is 0.236 e. The fourth-order valence-electron chi connectivity index (χ4n) is 2.52. The van der Waals surface area contributed by atoms with E-state index in [0.29, 0.717) is 16.0 Å². The van der Waals surface area contributed by atoms with Gasteiger partial charge >= 0.3 is 0 Å². The molecule has 1 N–H and O–H groups in total. The number of nitrogens with one attached hydrogen (secondary N) is 1. The Labute approximate surface area is 168 Å². The number of rotatable bonds is 6. The van der Waals surface area contributed by atoms with E-state index in [2.05, 4.69) is 20.5 Å². The largest absolute Gasteiger partial charge is 0.301 e. The summed E-state index contributed by atoms with van der Waals surface area (Å²) in [6.45, 7) is 1.85. The Bertz CT molecular complexity index is 1090. The molecule has 0 bridgehead atoms. The van der Waals surface area contributed by atoms with Crippen LogP contribution in [-0.2, 0) is 4.79 Å². The van der Waals surface area contributed by atoms with Crippen LogP contribution in [0.1, 0.15) is 5.82 Å². The number of carbonyl (C=O) groups is 1. The molecule has 4 rings (SSSR count). The van der Waals surface area contributed by atoms with Crippen molar-refractivity contribution in [2.24, 2.45) is 0 Å². The second kappa shape index (κ2) is 7.95. The van der Waals surface area contributed by atoms with Crippen LogP contribution in [0.3, 0.4) is 0 Å². The Kier molecular flexibility index (Phi) is 5.22. The molecular formula is C18H15FN6OS2. The molecule has 3 aromatic heterocycles. The number of halogens is 1. The maximum atomic E-state index is 13.0. The van der Waals surface area contributed by atoms with Crippen molar-refractivity contribution in [2.45, 2.75) is 12.1 Å². The number of thioether (sulfide) groups is 1. The summed E-state index contributed by atoms with van der Waals surface area (Å²) in [5.74, 6) is 0.408. The van der Waals surface area contributed by atoms with Crippen LogP contribution in [0.25, 0.3) is 11.3 Å². The molecule has 10 heteroatoms. The minimum absolute atomic E-state index is 0.171. The van der Waals surface area contributed by atoms with Crippen molar-refractivity contribution < 1.29 is 9.18 Å². The van der Waals surface area contributed by atoms with Gasteiger partial charge in [0.15, 0.2) is 11.0 Å². The molecule has 0 spiro atoms. The standard InChI is InChI=1S/C18H15FN6OS2/c1-12-22-23-18(25(12)24-8-2-3-9-24)28-11-16(26)21-17-20-15(10-27-17)13-4-6-14(19)7-5-13/h2-10H,11H2,1H3,(H,20,21,26). The lowest BCUT2D eigenvalue weighted by atomic mass is 10.2. The minimum Gasteiger partial charge on any atom is -0.301 e. The van der Waals surface area contributed by atoms with Crippen LogP contribution in [0.4, 0.5) is 9.52 Å². The van der Waals surface area contributed by atoms with Gasteiger partial charge in [-0.1, -0.05) is 11.8 Å². The number of carbonyl (C=O) groups excluding carboxylic acids is 1. The van der Waals surface area contributed by atoms with E-state index in [1.54, 1.807) is 12.1 Å². The van der Waals surface area contributed by atoms with Gasteiger partial charge in [-0.05, 0) is 43.3 Å². The summed E-state index contributed by atoms with van der Waals surface area (Å²) in [6, 6.07) is 9.88. The van der Waals surface area contributed by atoms with Gasteiger partial charge in [-0.15, -0.1) is 21.5 Å². The second-order valence-corrected chi connectivity index (χ2v) is 7.59. The molecule has 142 valence electrons. The van der Waals surface area contributed by atoms with Crippen LogP contribution in [0.2, 0.25) is 0 Å². The van der Waals surface area contributed by atoms with Gasteiger partial charge in [0.2, 0.25) is 11.1 Å². The summed E-state index contributed by atoms with van der Waals surface area (Å²) in [5, 5.41) is 13.9. The fraction of sp³-hybridized carbons (Fsp3) is 0.111. The minimum atomic E-state index is -0.299. The molecular weight excluding hydrogens is 399 g/mol. The molecule has 7 nitrogen and oxygen atoms in total. The molecule has 4 aromatic rings. The molecule has 0 saturated carbocycles. The zero-order chi connectivity index (χ0) is 19.5. The molecule has 0 radical (unpaired) electrons. The average Bonchev–Trinajstić information content (AvgIpc) is 3.42. The molecule has 1 amide bonds. The first-order chi connectivity index (χ1) is 13.6. The number of nitrogens with zero attached hydrogens (tertiary/aromatic N) is 5. The van der Waals surface area contributed by atoms with Crippen molar-refractivity contribution in [1.29, 1.82) is 0 Å². The maximum absolute atomic E-state index is 13.0. The van der Waals surface area contributed by atoms with E-state index in [1.807, 2.05) is 46.2 Å². The van der Waals surface area contributed by atoms with Gasteiger partial charge in [-0.2, -0.15) is 0 Å². The van der Waals surface area contributed by atoms with Crippen molar-refractivity contribution >= 4 is 34.1 Å². The highest BCUT2D eigenvalue weighted by Crippen LogP contribution is 2.25. The fourth-order valence-corrected chi connectivity index (χ4v) is 4.04. The Morgan fingerprint density at radius 3 is 2.71 bits per heavy atom. The third kappa shape index (κ3) is 3.97. The number of thiazole rings is 1. The molecule has 0 saturated heterocycles. The van der Waals surface area contributed by atoms with E-state index in [4.69, 9.17) is 0 Å². The van der Waals surface area contributed by atoms with Gasteiger partial charge < -0.3 is 5.32 Å². The third-order valence-corrected chi connectivity index (χ3v) is 5.49. The number of aryl methyl sites for hydroxylation is 1. The van der Waals surface area contributed by atoms with E-state index in [1.165, 1.54) is 35.2 Å². The van der Waals surface area contributed by atoms with Crippen LogP contribution < -0.4 is 5.32 Å². The lowest BCUT2D eigenvalue weighted by molar-refractivity contribution is -0.113. The van der Waals surface area contributed by atoms with Gasteiger partial charge in [0.25, 0.3) is 0 Å². The molecule has 0 aliphatic carbocycles. The van der Waals surface area contributed by atoms with Crippen molar-refractivity contribution in [3.8, 4) is 11.3 Å². The van der Waals surface area contributed by atoms with Crippen LogP contribution in [0.5, 0.6) is 0 Å². The zero-order valence-corrected chi connectivity index (χ0v) is 16.4. The van der Waals surface area contributed by atoms with Gasteiger partial charge in [-0.3, -0.25) is 9.47 Å². The summed E-state index contributed by atoms with van der Waals surface area (Å²) in [7, 11) is 0. The van der Waals surface area contributed by atoms with Crippen LogP contribution in [-0.4, -0.2) is 36.2 Å². The summed E-state index contributed by atoms with van der Waals surface area (Å²) >= 11 is 2.61. The molecule has 0 atom stereocenters. The number of aromatic nitrogens is 5. The van der Waals surface area contributed by atoms with Crippen molar-refractivity contribution in [3.63, 3.8) is 0 Å². The first-order valence-corrected chi connectivity index (χ1v) is 10.2. The molecule has 0 aliphatic rings. The van der Waals surface area contributed by atoms with Gasteiger partial charge in [0.05, 0.1) is 11.4 Å². The van der Waals surface area contributed by atoms with Crippen molar-refractivity contribution in [1.82, 2.24) is 24.5 Å². The van der Waals surface area contributed by atoms with Gasteiger partial charge in [0.1, 0.15) is 5.82 Å². The highest BCUT2D eigenvalue weighted by atomic mass is 32.2. The predicted octanol–water partition coefficient (Wildman–Crippen LogP) is 3.69. The van der Waals surface area contributed by atoms with Crippen LogP contribution >= 0.6 is 23.1 Å². The molecule has 1 aromatic carbocycles.